The summed E-state index contributed by atoms with van der Waals surface area (Å²) in [6.45, 7) is 6.56. The number of hydrogen-bond acceptors (Lipinski definition) is 4. The molecule has 0 fully saturated rings. The molecule has 6 heteroatoms. The van der Waals surface area contributed by atoms with Gasteiger partial charge in [-0.05, 0) is 6.42 Å². The van der Waals surface area contributed by atoms with Crippen LogP contribution in [-0.4, -0.2) is 29.5 Å². The average Bonchev–Trinajstić information content (AvgIpc) is 2.39. The van der Waals surface area contributed by atoms with Gasteiger partial charge in [0.1, 0.15) is 5.02 Å². The van der Waals surface area contributed by atoms with Gasteiger partial charge in [-0.15, -0.1) is 6.58 Å². The summed E-state index contributed by atoms with van der Waals surface area (Å²) in [4.78, 5) is 11.9. The zero-order valence-electron chi connectivity index (χ0n) is 11.4. The zero-order valence-corrected chi connectivity index (χ0v) is 12.1. The third kappa shape index (κ3) is 4.36. The number of allylic oxidation sites excluding steroid dienone is 1. The second kappa shape index (κ2) is 7.96. The van der Waals surface area contributed by atoms with Crippen molar-refractivity contribution in [3.05, 3.63) is 34.2 Å². The van der Waals surface area contributed by atoms with E-state index >= 15 is 0 Å². The summed E-state index contributed by atoms with van der Waals surface area (Å²) in [7, 11) is 1.65. The molecule has 1 aromatic rings. The molecule has 0 amide bonds. The maximum absolute atomic E-state index is 11.9. The summed E-state index contributed by atoms with van der Waals surface area (Å²) in [6.07, 6.45) is 5.10. The molecule has 1 atom stereocenters. The van der Waals surface area contributed by atoms with Crippen molar-refractivity contribution in [2.24, 2.45) is 0 Å². The normalized spacial score (nSPS) is 12.2. The van der Waals surface area contributed by atoms with Crippen LogP contribution in [0.25, 0.3) is 0 Å². The molecule has 0 saturated carbocycles. The summed E-state index contributed by atoms with van der Waals surface area (Å²) in [5.41, 5.74) is 0.224. The van der Waals surface area contributed by atoms with Gasteiger partial charge in [0.15, 0.2) is 0 Å². The Hall–Kier alpha value is -1.33. The number of rotatable bonds is 8. The minimum Gasteiger partial charge on any atom is -0.383 e. The molecule has 0 aliphatic heterocycles. The Morgan fingerprint density at radius 1 is 1.68 bits per heavy atom. The highest BCUT2D eigenvalue weighted by Crippen LogP contribution is 2.17. The second-order valence-corrected chi connectivity index (χ2v) is 4.61. The number of anilines is 1. The van der Waals surface area contributed by atoms with Crippen molar-refractivity contribution in [2.75, 3.05) is 19.0 Å². The molecule has 5 nitrogen and oxygen atoms in total. The van der Waals surface area contributed by atoms with Crippen molar-refractivity contribution in [1.82, 2.24) is 9.78 Å². The molecular formula is C13H20ClN3O2. The first-order chi connectivity index (χ1) is 9.13. The van der Waals surface area contributed by atoms with Gasteiger partial charge in [0.05, 0.1) is 25.0 Å². The lowest BCUT2D eigenvalue weighted by Gasteiger charge is -2.19. The predicted molar refractivity (Wildman–Crippen MR) is 77.9 cm³/mol. The van der Waals surface area contributed by atoms with Gasteiger partial charge in [-0.3, -0.25) is 4.79 Å². The first-order valence-corrected chi connectivity index (χ1v) is 6.63. The molecule has 0 saturated heterocycles. The number of methoxy groups -OCH3 is 1. The minimum absolute atomic E-state index is 0.115. The summed E-state index contributed by atoms with van der Waals surface area (Å²) >= 11 is 6.07. The smallest absolute Gasteiger partial charge is 0.287 e. The molecular weight excluding hydrogens is 266 g/mol. The second-order valence-electron chi connectivity index (χ2n) is 4.23. The van der Waals surface area contributed by atoms with E-state index in [0.717, 1.165) is 12.8 Å². The summed E-state index contributed by atoms with van der Waals surface area (Å²) in [6, 6.07) is 0.115. The Bertz CT molecular complexity index is 467. The fourth-order valence-electron chi connectivity index (χ4n) is 1.78. The summed E-state index contributed by atoms with van der Waals surface area (Å²) in [5, 5.41) is 7.40. The first-order valence-electron chi connectivity index (χ1n) is 6.26. The van der Waals surface area contributed by atoms with E-state index in [0.29, 0.717) is 18.8 Å². The van der Waals surface area contributed by atoms with Gasteiger partial charge < -0.3 is 10.1 Å². The molecule has 0 bridgehead atoms. The van der Waals surface area contributed by atoms with Crippen molar-refractivity contribution in [1.29, 1.82) is 0 Å². The van der Waals surface area contributed by atoms with E-state index in [1.165, 1.54) is 4.68 Å². The number of nitrogens with one attached hydrogen (secondary N) is 1. The molecule has 0 aromatic carbocycles. The van der Waals surface area contributed by atoms with Gasteiger partial charge in [-0.2, -0.15) is 5.10 Å². The number of nitrogens with zero attached hydrogens (tertiary/aromatic N) is 2. The van der Waals surface area contributed by atoms with Crippen LogP contribution < -0.4 is 10.9 Å². The van der Waals surface area contributed by atoms with E-state index in [1.807, 2.05) is 0 Å². The third-order valence-corrected chi connectivity index (χ3v) is 3.02. The number of halogens is 1. The van der Waals surface area contributed by atoms with Gasteiger partial charge in [-0.1, -0.05) is 31.0 Å². The zero-order chi connectivity index (χ0) is 14.3. The van der Waals surface area contributed by atoms with Crippen LogP contribution in [-0.2, 0) is 11.3 Å². The Labute approximate surface area is 118 Å². The fraction of sp³-hybridized carbons (Fsp3) is 0.538. The van der Waals surface area contributed by atoms with E-state index in [4.69, 9.17) is 16.3 Å². The van der Waals surface area contributed by atoms with Crippen molar-refractivity contribution in [3.63, 3.8) is 0 Å². The fourth-order valence-corrected chi connectivity index (χ4v) is 1.99. The highest BCUT2D eigenvalue weighted by Gasteiger charge is 2.13. The average molecular weight is 286 g/mol. The largest absolute Gasteiger partial charge is 0.383 e. The standard InChI is InChI=1S/C13H20ClN3O2/c1-4-6-10(9-19-3)16-11-8-15-17(7-5-2)13(18)12(11)14/h5,8,10,16H,2,4,6-7,9H2,1,3H3. The molecule has 19 heavy (non-hydrogen) atoms. The van der Waals surface area contributed by atoms with Crippen LogP contribution in [0.1, 0.15) is 19.8 Å². The van der Waals surface area contributed by atoms with Crippen molar-refractivity contribution >= 4 is 17.3 Å². The first kappa shape index (κ1) is 15.7. The maximum Gasteiger partial charge on any atom is 0.287 e. The van der Waals surface area contributed by atoms with Crippen molar-refractivity contribution < 1.29 is 4.74 Å². The monoisotopic (exact) mass is 285 g/mol. The lowest BCUT2D eigenvalue weighted by molar-refractivity contribution is 0.182. The van der Waals surface area contributed by atoms with Crippen LogP contribution in [0.2, 0.25) is 5.02 Å². The van der Waals surface area contributed by atoms with Crippen LogP contribution in [0, 0.1) is 0 Å². The van der Waals surface area contributed by atoms with Crippen LogP contribution >= 0.6 is 11.6 Å². The molecule has 1 N–H and O–H groups in total. The number of aromatic nitrogens is 2. The molecule has 1 rings (SSSR count). The van der Waals surface area contributed by atoms with E-state index in [1.54, 1.807) is 19.4 Å². The van der Waals surface area contributed by atoms with E-state index < -0.39 is 0 Å². The number of ether oxygens (including phenoxy) is 1. The van der Waals surface area contributed by atoms with E-state index in [2.05, 4.69) is 23.9 Å². The van der Waals surface area contributed by atoms with Crippen molar-refractivity contribution in [3.8, 4) is 0 Å². The van der Waals surface area contributed by atoms with E-state index in [-0.39, 0.29) is 16.6 Å². The lowest BCUT2D eigenvalue weighted by atomic mass is 10.2. The Kier molecular flexibility index (Phi) is 6.59. The third-order valence-electron chi connectivity index (χ3n) is 2.65. The Balaban J connectivity index is 2.92. The molecule has 106 valence electrons. The molecule has 0 aliphatic rings. The molecule has 0 radical (unpaired) electrons. The lowest BCUT2D eigenvalue weighted by Crippen LogP contribution is -2.28. The van der Waals surface area contributed by atoms with Crippen molar-refractivity contribution in [2.45, 2.75) is 32.4 Å². The highest BCUT2D eigenvalue weighted by molar-refractivity contribution is 6.32. The van der Waals surface area contributed by atoms with Gasteiger partial charge in [0, 0.05) is 13.2 Å². The maximum atomic E-state index is 11.9. The molecule has 1 heterocycles. The minimum atomic E-state index is -0.320. The summed E-state index contributed by atoms with van der Waals surface area (Å²) in [5.74, 6) is 0. The summed E-state index contributed by atoms with van der Waals surface area (Å²) < 4.78 is 6.41. The Morgan fingerprint density at radius 3 is 3.00 bits per heavy atom. The van der Waals surface area contributed by atoms with Crippen LogP contribution in [0.3, 0.4) is 0 Å². The molecule has 0 spiro atoms. The van der Waals surface area contributed by atoms with Crippen LogP contribution in [0.5, 0.6) is 0 Å². The predicted octanol–water partition coefficient (Wildman–Crippen LogP) is 2.31. The van der Waals surface area contributed by atoms with E-state index in [9.17, 15) is 4.79 Å². The van der Waals surface area contributed by atoms with Gasteiger partial charge >= 0.3 is 0 Å². The SMILES string of the molecule is C=CCn1ncc(NC(CCC)COC)c(Cl)c1=O. The van der Waals surface area contributed by atoms with Crippen LogP contribution in [0.4, 0.5) is 5.69 Å². The molecule has 1 unspecified atom stereocenters. The Morgan fingerprint density at radius 2 is 2.42 bits per heavy atom. The quantitative estimate of drug-likeness (QED) is 0.745. The highest BCUT2D eigenvalue weighted by atomic mass is 35.5. The number of hydrogen-bond donors (Lipinski definition) is 1. The topological polar surface area (TPSA) is 56.1 Å². The van der Waals surface area contributed by atoms with Crippen LogP contribution in [0.15, 0.2) is 23.6 Å². The molecule has 1 aromatic heterocycles. The van der Waals surface area contributed by atoms with Gasteiger partial charge in [0.2, 0.25) is 0 Å². The molecule has 0 aliphatic carbocycles. The van der Waals surface area contributed by atoms with Gasteiger partial charge in [0.25, 0.3) is 5.56 Å². The van der Waals surface area contributed by atoms with Gasteiger partial charge in [-0.25, -0.2) is 4.68 Å².